The summed E-state index contributed by atoms with van der Waals surface area (Å²) < 4.78 is 11.4. The molecule has 1 atom stereocenters. The molecular weight excluding hydrogens is 214 g/mol. The fourth-order valence-electron chi connectivity index (χ4n) is 1.39. The molecule has 0 aliphatic heterocycles. The number of hydrogen-bond donors (Lipinski definition) is 1. The van der Waals surface area contributed by atoms with Crippen molar-refractivity contribution < 1.29 is 9.47 Å². The summed E-state index contributed by atoms with van der Waals surface area (Å²) >= 11 is 0. The van der Waals surface area contributed by atoms with Crippen molar-refractivity contribution in [3.63, 3.8) is 0 Å². The van der Waals surface area contributed by atoms with Gasteiger partial charge in [-0.15, -0.1) is 0 Å². The lowest BCUT2D eigenvalue weighted by molar-refractivity contribution is -0.104. The monoisotopic (exact) mass is 241 g/mol. The maximum Gasteiger partial charge on any atom is 0.140 e. The molecule has 0 aromatic heterocycles. The van der Waals surface area contributed by atoms with Crippen LogP contribution >= 0.6 is 0 Å². The van der Waals surface area contributed by atoms with Gasteiger partial charge in [0.15, 0.2) is 0 Å². The molecule has 0 aliphatic rings. The van der Waals surface area contributed by atoms with Gasteiger partial charge in [-0.2, -0.15) is 0 Å². The zero-order valence-electron chi connectivity index (χ0n) is 11.8. The minimum atomic E-state index is -0.389. The number of rotatable bonds is 8. The van der Waals surface area contributed by atoms with Crippen LogP contribution in [-0.4, -0.2) is 18.4 Å². The van der Waals surface area contributed by atoms with Gasteiger partial charge in [0.1, 0.15) is 18.6 Å². The second-order valence-corrected chi connectivity index (χ2v) is 4.32. The van der Waals surface area contributed by atoms with Gasteiger partial charge in [-0.05, 0) is 45.8 Å². The highest BCUT2D eigenvalue weighted by molar-refractivity contribution is 5.09. The first-order valence-corrected chi connectivity index (χ1v) is 6.36. The van der Waals surface area contributed by atoms with E-state index in [1.54, 1.807) is 0 Å². The lowest BCUT2D eigenvalue weighted by Crippen LogP contribution is -2.39. The fourth-order valence-corrected chi connectivity index (χ4v) is 1.39. The molecule has 3 nitrogen and oxygen atoms in total. The van der Waals surface area contributed by atoms with Gasteiger partial charge in [-0.3, -0.25) is 0 Å². The first-order chi connectivity index (χ1) is 8.01. The quantitative estimate of drug-likeness (QED) is 0.402. The zero-order chi connectivity index (χ0) is 13.3. The third kappa shape index (κ3) is 6.49. The van der Waals surface area contributed by atoms with Crippen molar-refractivity contribution in [3.8, 4) is 0 Å². The molecule has 2 N–H and O–H groups in total. The van der Waals surface area contributed by atoms with Crippen LogP contribution in [0.4, 0.5) is 0 Å². The molecule has 3 heteroatoms. The Hall–Kier alpha value is -0.800. The molecule has 0 heterocycles. The Balaban J connectivity index is 4.14. The maximum atomic E-state index is 5.91. The first-order valence-electron chi connectivity index (χ1n) is 6.36. The van der Waals surface area contributed by atoms with E-state index in [1.807, 2.05) is 32.1 Å². The van der Waals surface area contributed by atoms with Crippen molar-refractivity contribution in [1.29, 1.82) is 0 Å². The van der Waals surface area contributed by atoms with Gasteiger partial charge in [0, 0.05) is 0 Å². The SMILES string of the molecule is C/C=C\C(=C/C)OCC(N)OC(C)(CC)CC. The Morgan fingerprint density at radius 3 is 2.29 bits per heavy atom. The summed E-state index contributed by atoms with van der Waals surface area (Å²) in [6.45, 7) is 10.6. The molecule has 0 aromatic carbocycles. The summed E-state index contributed by atoms with van der Waals surface area (Å²) in [6.07, 6.45) is 7.26. The third-order valence-electron chi connectivity index (χ3n) is 2.96. The molecule has 17 heavy (non-hydrogen) atoms. The van der Waals surface area contributed by atoms with Crippen molar-refractivity contribution in [2.75, 3.05) is 6.61 Å². The topological polar surface area (TPSA) is 44.5 Å². The van der Waals surface area contributed by atoms with E-state index in [1.165, 1.54) is 0 Å². The Kier molecular flexibility index (Phi) is 7.92. The second-order valence-electron chi connectivity index (χ2n) is 4.32. The summed E-state index contributed by atoms with van der Waals surface area (Å²) in [5.74, 6) is 0.821. The van der Waals surface area contributed by atoms with Gasteiger partial charge >= 0.3 is 0 Å². The maximum absolute atomic E-state index is 5.91. The van der Waals surface area contributed by atoms with Crippen LogP contribution in [0.15, 0.2) is 24.0 Å². The normalized spacial score (nSPS) is 15.3. The lowest BCUT2D eigenvalue weighted by atomic mass is 10.0. The van der Waals surface area contributed by atoms with Crippen LogP contribution in [0, 0.1) is 0 Å². The van der Waals surface area contributed by atoms with Crippen LogP contribution in [0.2, 0.25) is 0 Å². The minimum absolute atomic E-state index is 0.153. The number of ether oxygens (including phenoxy) is 2. The third-order valence-corrected chi connectivity index (χ3v) is 2.96. The highest BCUT2D eigenvalue weighted by atomic mass is 16.6. The van der Waals surface area contributed by atoms with E-state index < -0.39 is 0 Å². The average molecular weight is 241 g/mol. The fraction of sp³-hybridized carbons (Fsp3) is 0.714. The Morgan fingerprint density at radius 2 is 1.88 bits per heavy atom. The van der Waals surface area contributed by atoms with Crippen molar-refractivity contribution in [1.82, 2.24) is 0 Å². The summed E-state index contributed by atoms with van der Waals surface area (Å²) in [7, 11) is 0. The van der Waals surface area contributed by atoms with Gasteiger partial charge in [0.2, 0.25) is 0 Å². The van der Waals surface area contributed by atoms with E-state index in [-0.39, 0.29) is 11.8 Å². The van der Waals surface area contributed by atoms with Gasteiger partial charge in [0.05, 0.1) is 5.60 Å². The van der Waals surface area contributed by atoms with E-state index in [2.05, 4.69) is 20.8 Å². The van der Waals surface area contributed by atoms with Crippen LogP contribution in [0.5, 0.6) is 0 Å². The van der Waals surface area contributed by atoms with Gasteiger partial charge in [0.25, 0.3) is 0 Å². The molecule has 0 spiro atoms. The predicted molar refractivity (Wildman–Crippen MR) is 72.6 cm³/mol. The predicted octanol–water partition coefficient (Wildman–Crippen LogP) is 3.36. The average Bonchev–Trinajstić information content (AvgIpc) is 2.34. The van der Waals surface area contributed by atoms with Gasteiger partial charge < -0.3 is 15.2 Å². The van der Waals surface area contributed by atoms with Crippen LogP contribution in [0.25, 0.3) is 0 Å². The Morgan fingerprint density at radius 1 is 1.29 bits per heavy atom. The number of nitrogens with two attached hydrogens (primary N) is 1. The molecule has 0 amide bonds. The van der Waals surface area contributed by atoms with E-state index in [0.29, 0.717) is 6.61 Å². The van der Waals surface area contributed by atoms with Crippen LogP contribution in [0.1, 0.15) is 47.5 Å². The van der Waals surface area contributed by atoms with Crippen LogP contribution in [0.3, 0.4) is 0 Å². The number of allylic oxidation sites excluding steroid dienone is 3. The molecule has 0 saturated heterocycles. The minimum Gasteiger partial charge on any atom is -0.490 e. The summed E-state index contributed by atoms with van der Waals surface area (Å²) in [5, 5.41) is 0. The van der Waals surface area contributed by atoms with E-state index in [4.69, 9.17) is 15.2 Å². The largest absolute Gasteiger partial charge is 0.490 e. The van der Waals surface area contributed by atoms with Crippen LogP contribution < -0.4 is 5.73 Å². The molecule has 100 valence electrons. The van der Waals surface area contributed by atoms with Crippen molar-refractivity contribution in [3.05, 3.63) is 24.0 Å². The molecule has 0 saturated carbocycles. The Labute approximate surface area is 106 Å². The molecule has 0 rings (SSSR count). The summed E-state index contributed by atoms with van der Waals surface area (Å²) in [5.41, 5.74) is 5.76. The summed E-state index contributed by atoms with van der Waals surface area (Å²) in [6, 6.07) is 0. The van der Waals surface area contributed by atoms with Crippen molar-refractivity contribution in [2.45, 2.75) is 59.3 Å². The molecule has 0 fully saturated rings. The molecule has 1 unspecified atom stereocenters. The highest BCUT2D eigenvalue weighted by Gasteiger charge is 2.23. The smallest absolute Gasteiger partial charge is 0.140 e. The molecule has 0 bridgehead atoms. The number of hydrogen-bond acceptors (Lipinski definition) is 3. The van der Waals surface area contributed by atoms with Crippen molar-refractivity contribution >= 4 is 0 Å². The molecular formula is C14H27NO2. The van der Waals surface area contributed by atoms with E-state index in [0.717, 1.165) is 18.6 Å². The molecule has 0 radical (unpaired) electrons. The standard InChI is InChI=1S/C14H27NO2/c1-6-10-12(7-2)16-11-13(15)17-14(5,8-3)9-4/h6-7,10,13H,8-9,11,15H2,1-5H3/b10-6-,12-7+. The van der Waals surface area contributed by atoms with Crippen molar-refractivity contribution in [2.24, 2.45) is 5.73 Å². The van der Waals surface area contributed by atoms with Gasteiger partial charge in [-0.25, -0.2) is 0 Å². The molecule has 0 aromatic rings. The summed E-state index contributed by atoms with van der Waals surface area (Å²) in [4.78, 5) is 0. The highest BCUT2D eigenvalue weighted by Crippen LogP contribution is 2.20. The van der Waals surface area contributed by atoms with E-state index in [9.17, 15) is 0 Å². The lowest BCUT2D eigenvalue weighted by Gasteiger charge is -2.30. The molecule has 0 aliphatic carbocycles. The first kappa shape index (κ1) is 16.2. The Bertz CT molecular complexity index is 255. The second kappa shape index (κ2) is 8.31. The zero-order valence-corrected chi connectivity index (χ0v) is 11.8. The van der Waals surface area contributed by atoms with Crippen LogP contribution in [-0.2, 0) is 9.47 Å². The van der Waals surface area contributed by atoms with E-state index >= 15 is 0 Å². The van der Waals surface area contributed by atoms with Gasteiger partial charge in [-0.1, -0.05) is 19.9 Å².